The van der Waals surface area contributed by atoms with Crippen molar-refractivity contribution >= 4 is 21.6 Å². The number of hydrogen-bond donors (Lipinski definition) is 0. The molecule has 30 heavy (non-hydrogen) atoms. The van der Waals surface area contributed by atoms with E-state index >= 15 is 0 Å². The molecule has 2 aromatic carbocycles. The summed E-state index contributed by atoms with van der Waals surface area (Å²) in [4.78, 5) is 17.5. The highest BCUT2D eigenvalue weighted by molar-refractivity contribution is 7.89. The van der Waals surface area contributed by atoms with Crippen LogP contribution in [0.25, 0.3) is 0 Å². The predicted octanol–water partition coefficient (Wildman–Crippen LogP) is 2.67. The fourth-order valence-electron chi connectivity index (χ4n) is 4.35. The Balaban J connectivity index is 1.44. The third-order valence-corrected chi connectivity index (χ3v) is 8.12. The highest BCUT2D eigenvalue weighted by Crippen LogP contribution is 2.29. The number of aryl methyl sites for hydroxylation is 1. The van der Waals surface area contributed by atoms with Crippen molar-refractivity contribution in [2.75, 3.05) is 37.6 Å². The summed E-state index contributed by atoms with van der Waals surface area (Å²) in [6.07, 6.45) is 1.59. The molecule has 0 spiro atoms. The molecular formula is C23H29N3O3S. The minimum Gasteiger partial charge on any atom is -0.310 e. The Hall–Kier alpha value is -2.22. The van der Waals surface area contributed by atoms with Gasteiger partial charge in [-0.1, -0.05) is 35.9 Å². The van der Waals surface area contributed by atoms with Crippen LogP contribution in [-0.2, 0) is 21.2 Å². The molecule has 1 amide bonds. The number of rotatable bonds is 4. The van der Waals surface area contributed by atoms with Gasteiger partial charge in [-0.05, 0) is 50.5 Å². The van der Waals surface area contributed by atoms with E-state index in [0.29, 0.717) is 44.0 Å². The highest BCUT2D eigenvalue weighted by Gasteiger charge is 2.33. The Bertz CT molecular complexity index is 1020. The van der Waals surface area contributed by atoms with Gasteiger partial charge in [0.2, 0.25) is 15.9 Å². The molecule has 0 radical (unpaired) electrons. The molecule has 1 saturated heterocycles. The zero-order valence-electron chi connectivity index (χ0n) is 17.6. The molecule has 160 valence electrons. The number of hydrogen-bond acceptors (Lipinski definition) is 4. The van der Waals surface area contributed by atoms with Gasteiger partial charge in [0.25, 0.3) is 0 Å². The first-order valence-electron chi connectivity index (χ1n) is 10.6. The molecule has 7 heteroatoms. The lowest BCUT2D eigenvalue weighted by Gasteiger charge is -2.30. The summed E-state index contributed by atoms with van der Waals surface area (Å²) < 4.78 is 27.6. The number of sulfonamides is 1. The number of carbonyl (C=O) groups excluding carboxylic acids is 1. The van der Waals surface area contributed by atoms with Gasteiger partial charge in [0.15, 0.2) is 0 Å². The zero-order valence-corrected chi connectivity index (χ0v) is 18.4. The van der Waals surface area contributed by atoms with Crippen molar-refractivity contribution in [1.29, 1.82) is 0 Å². The van der Waals surface area contributed by atoms with Crippen LogP contribution in [0.2, 0.25) is 0 Å². The van der Waals surface area contributed by atoms with Crippen molar-refractivity contribution in [3.8, 4) is 0 Å². The van der Waals surface area contributed by atoms with Gasteiger partial charge < -0.3 is 4.90 Å². The number of anilines is 1. The molecule has 2 aliphatic heterocycles. The zero-order chi connectivity index (χ0) is 21.3. The van der Waals surface area contributed by atoms with Gasteiger partial charge >= 0.3 is 0 Å². The first-order valence-corrected chi connectivity index (χ1v) is 12.0. The molecule has 2 aromatic rings. The molecule has 0 bridgehead atoms. The third-order valence-electron chi connectivity index (χ3n) is 6.21. The molecule has 0 unspecified atom stereocenters. The average Bonchev–Trinajstić information content (AvgIpc) is 3.01. The van der Waals surface area contributed by atoms with Crippen LogP contribution < -0.4 is 4.90 Å². The molecule has 0 saturated carbocycles. The fraction of sp³-hybridized carbons (Fsp3) is 0.435. The monoisotopic (exact) mass is 427 g/mol. The number of benzene rings is 2. The van der Waals surface area contributed by atoms with Crippen molar-refractivity contribution in [2.24, 2.45) is 0 Å². The van der Waals surface area contributed by atoms with E-state index in [1.807, 2.05) is 49.1 Å². The van der Waals surface area contributed by atoms with Crippen LogP contribution in [0, 0.1) is 6.92 Å². The lowest BCUT2D eigenvalue weighted by molar-refractivity contribution is -0.123. The Labute approximate surface area is 179 Å². The van der Waals surface area contributed by atoms with Crippen molar-refractivity contribution in [2.45, 2.75) is 37.6 Å². The summed E-state index contributed by atoms with van der Waals surface area (Å²) in [7, 11) is -3.52. The third kappa shape index (κ3) is 4.02. The molecule has 0 aromatic heterocycles. The molecule has 6 nitrogen and oxygen atoms in total. The predicted molar refractivity (Wildman–Crippen MR) is 118 cm³/mol. The van der Waals surface area contributed by atoms with Crippen molar-refractivity contribution in [1.82, 2.24) is 9.21 Å². The SMILES string of the molecule is Cc1ccc(S(=O)(=O)N2CCCN([C@H](C)C(=O)N3CCc4ccccc43)CC2)cc1. The maximum Gasteiger partial charge on any atom is 0.244 e. The molecule has 4 rings (SSSR count). The summed E-state index contributed by atoms with van der Waals surface area (Å²) in [5.74, 6) is 0.0924. The van der Waals surface area contributed by atoms with Crippen LogP contribution in [0.3, 0.4) is 0 Å². The second kappa shape index (κ2) is 8.49. The van der Waals surface area contributed by atoms with Gasteiger partial charge in [0.1, 0.15) is 0 Å². The number of nitrogens with zero attached hydrogens (tertiary/aromatic N) is 3. The van der Waals surface area contributed by atoms with Crippen LogP contribution in [0.15, 0.2) is 53.4 Å². The number of para-hydroxylation sites is 1. The smallest absolute Gasteiger partial charge is 0.244 e. The summed E-state index contributed by atoms with van der Waals surface area (Å²) in [5, 5.41) is 0. The van der Waals surface area contributed by atoms with Crippen molar-refractivity contribution in [3.63, 3.8) is 0 Å². The van der Waals surface area contributed by atoms with Crippen molar-refractivity contribution < 1.29 is 13.2 Å². The van der Waals surface area contributed by atoms with E-state index in [2.05, 4.69) is 11.0 Å². The summed E-state index contributed by atoms with van der Waals surface area (Å²) in [6.45, 7) is 6.72. The summed E-state index contributed by atoms with van der Waals surface area (Å²) >= 11 is 0. The number of carbonyl (C=O) groups is 1. The van der Waals surface area contributed by atoms with Crippen molar-refractivity contribution in [3.05, 3.63) is 59.7 Å². The summed E-state index contributed by atoms with van der Waals surface area (Å²) in [5.41, 5.74) is 3.25. The van der Waals surface area contributed by atoms with E-state index in [0.717, 1.165) is 17.7 Å². The minimum atomic E-state index is -3.52. The van der Waals surface area contributed by atoms with E-state index in [1.54, 1.807) is 16.4 Å². The molecule has 0 aliphatic carbocycles. The lowest BCUT2D eigenvalue weighted by atomic mass is 10.1. The van der Waals surface area contributed by atoms with E-state index < -0.39 is 10.0 Å². The quantitative estimate of drug-likeness (QED) is 0.753. The van der Waals surface area contributed by atoms with Gasteiger partial charge in [0.05, 0.1) is 10.9 Å². The normalized spacial score (nSPS) is 19.3. The van der Waals surface area contributed by atoms with E-state index in [1.165, 1.54) is 5.56 Å². The van der Waals surface area contributed by atoms with Crippen LogP contribution >= 0.6 is 0 Å². The van der Waals surface area contributed by atoms with Gasteiger partial charge in [-0.2, -0.15) is 4.31 Å². The van der Waals surface area contributed by atoms with Crippen LogP contribution in [-0.4, -0.2) is 62.3 Å². The maximum absolute atomic E-state index is 13.2. The van der Waals surface area contributed by atoms with Gasteiger partial charge in [-0.25, -0.2) is 8.42 Å². The van der Waals surface area contributed by atoms with E-state index in [9.17, 15) is 13.2 Å². The number of fused-ring (bicyclic) bond motifs is 1. The van der Waals surface area contributed by atoms with Gasteiger partial charge in [0, 0.05) is 38.4 Å². The minimum absolute atomic E-state index is 0.0924. The second-order valence-electron chi connectivity index (χ2n) is 8.15. The van der Waals surface area contributed by atoms with Crippen LogP contribution in [0.1, 0.15) is 24.5 Å². The number of amides is 1. The van der Waals surface area contributed by atoms with E-state index in [-0.39, 0.29) is 11.9 Å². The van der Waals surface area contributed by atoms with E-state index in [4.69, 9.17) is 0 Å². The molecule has 2 aliphatic rings. The van der Waals surface area contributed by atoms with Crippen LogP contribution in [0.4, 0.5) is 5.69 Å². The second-order valence-corrected chi connectivity index (χ2v) is 10.1. The Morgan fingerprint density at radius 1 is 0.933 bits per heavy atom. The highest BCUT2D eigenvalue weighted by atomic mass is 32.2. The molecule has 1 atom stereocenters. The Kier molecular flexibility index (Phi) is 5.95. The fourth-order valence-corrected chi connectivity index (χ4v) is 5.82. The van der Waals surface area contributed by atoms with Gasteiger partial charge in [-0.3, -0.25) is 9.69 Å². The lowest BCUT2D eigenvalue weighted by Crippen LogP contribution is -2.48. The molecule has 0 N–H and O–H groups in total. The Morgan fingerprint density at radius 2 is 1.67 bits per heavy atom. The van der Waals surface area contributed by atoms with Crippen LogP contribution in [0.5, 0.6) is 0 Å². The topological polar surface area (TPSA) is 60.9 Å². The Morgan fingerprint density at radius 3 is 2.43 bits per heavy atom. The average molecular weight is 428 g/mol. The summed E-state index contributed by atoms with van der Waals surface area (Å²) in [6, 6.07) is 14.8. The standard InChI is InChI=1S/C23H29N3O3S/c1-18-8-10-21(11-9-18)30(28,29)25-14-5-13-24(16-17-25)19(2)23(27)26-15-12-20-6-3-4-7-22(20)26/h3-4,6-11,19H,5,12-17H2,1-2H3/t19-/m1/s1. The first-order chi connectivity index (χ1) is 14.4. The molecule has 2 heterocycles. The molecular weight excluding hydrogens is 398 g/mol. The largest absolute Gasteiger partial charge is 0.310 e. The molecule has 1 fully saturated rings. The van der Waals surface area contributed by atoms with Gasteiger partial charge in [-0.15, -0.1) is 0 Å². The maximum atomic E-state index is 13.2. The first kappa shape index (κ1) is 21.0.